The van der Waals surface area contributed by atoms with Crippen LogP contribution in [0.2, 0.25) is 0 Å². The maximum Gasteiger partial charge on any atom is 0.310 e. The fourth-order valence-electron chi connectivity index (χ4n) is 4.94. The monoisotopic (exact) mass is 476 g/mol. The summed E-state index contributed by atoms with van der Waals surface area (Å²) in [5.41, 5.74) is 7.13. The van der Waals surface area contributed by atoms with E-state index in [-0.39, 0.29) is 12.4 Å². The van der Waals surface area contributed by atoms with Crippen LogP contribution < -0.4 is 4.74 Å². The first kappa shape index (κ1) is 23.0. The number of ether oxygens (including phenoxy) is 2. The lowest BCUT2D eigenvalue weighted by atomic mass is 9.88. The Kier molecular flexibility index (Phi) is 6.01. The summed E-state index contributed by atoms with van der Waals surface area (Å²) < 4.78 is 40.0. The number of halogens is 2. The van der Waals surface area contributed by atoms with E-state index in [4.69, 9.17) is 14.5 Å². The molecule has 5 rings (SSSR count). The van der Waals surface area contributed by atoms with Crippen LogP contribution in [0.25, 0.3) is 22.2 Å². The fourth-order valence-corrected chi connectivity index (χ4v) is 4.94. The number of nitrogens with zero attached hydrogens (tertiary/aromatic N) is 2. The summed E-state index contributed by atoms with van der Waals surface area (Å²) >= 11 is 0. The molecule has 0 unspecified atom stereocenters. The van der Waals surface area contributed by atoms with Crippen LogP contribution in [-0.2, 0) is 28.9 Å². The van der Waals surface area contributed by atoms with E-state index in [0.717, 1.165) is 58.0 Å². The summed E-state index contributed by atoms with van der Waals surface area (Å²) in [6.45, 7) is 5.02. The second-order valence-electron chi connectivity index (χ2n) is 8.90. The highest BCUT2D eigenvalue weighted by Crippen LogP contribution is 2.40. The summed E-state index contributed by atoms with van der Waals surface area (Å²) in [5, 5.41) is 0.886. The van der Waals surface area contributed by atoms with Gasteiger partial charge in [0.1, 0.15) is 11.4 Å². The zero-order valence-corrected chi connectivity index (χ0v) is 20.0. The van der Waals surface area contributed by atoms with Crippen molar-refractivity contribution in [1.29, 1.82) is 0 Å². The molecule has 2 aromatic carbocycles. The predicted octanol–water partition coefficient (Wildman–Crippen LogP) is 5.69. The van der Waals surface area contributed by atoms with Crippen molar-refractivity contribution in [3.63, 3.8) is 0 Å². The minimum absolute atomic E-state index is 0.0992. The highest BCUT2D eigenvalue weighted by molar-refractivity contribution is 5.98. The minimum Gasteiger partial charge on any atom is -0.493 e. The first-order chi connectivity index (χ1) is 16.9. The van der Waals surface area contributed by atoms with E-state index in [0.29, 0.717) is 24.4 Å². The zero-order chi connectivity index (χ0) is 24.7. The highest BCUT2D eigenvalue weighted by atomic mass is 19.2. The smallest absolute Gasteiger partial charge is 0.310 e. The lowest BCUT2D eigenvalue weighted by Crippen LogP contribution is -2.12. The number of fused-ring (bicyclic) bond motifs is 2. The molecule has 0 saturated heterocycles. The molecule has 0 atom stereocenters. The number of carbonyl (C=O) groups is 1. The van der Waals surface area contributed by atoms with Crippen molar-refractivity contribution in [2.24, 2.45) is 0 Å². The van der Waals surface area contributed by atoms with E-state index < -0.39 is 11.6 Å². The molecule has 0 N–H and O–H groups in total. The van der Waals surface area contributed by atoms with Gasteiger partial charge in [0, 0.05) is 23.8 Å². The number of methoxy groups -OCH3 is 1. The summed E-state index contributed by atoms with van der Waals surface area (Å²) in [7, 11) is 1.38. The van der Waals surface area contributed by atoms with Gasteiger partial charge in [0.25, 0.3) is 0 Å². The number of aryl methyl sites for hydroxylation is 1. The molecule has 7 heteroatoms. The van der Waals surface area contributed by atoms with E-state index >= 15 is 0 Å². The predicted molar refractivity (Wildman–Crippen MR) is 130 cm³/mol. The van der Waals surface area contributed by atoms with Gasteiger partial charge in [0.15, 0.2) is 11.6 Å². The molecule has 0 saturated carbocycles. The number of hydrogen-bond donors (Lipinski definition) is 0. The second kappa shape index (κ2) is 9.13. The molecule has 1 aliphatic heterocycles. The van der Waals surface area contributed by atoms with Crippen molar-refractivity contribution in [2.75, 3.05) is 13.7 Å². The molecule has 35 heavy (non-hydrogen) atoms. The molecule has 0 fully saturated rings. The molecule has 2 aromatic heterocycles. The molecule has 180 valence electrons. The molecule has 0 radical (unpaired) electrons. The number of hydrogen-bond acceptors (Lipinski definition) is 4. The molecule has 1 aliphatic rings. The lowest BCUT2D eigenvalue weighted by molar-refractivity contribution is -0.139. The first-order valence-electron chi connectivity index (χ1n) is 11.6. The third kappa shape index (κ3) is 4.16. The van der Waals surface area contributed by atoms with Crippen LogP contribution in [0.1, 0.15) is 34.4 Å². The van der Waals surface area contributed by atoms with Gasteiger partial charge < -0.3 is 14.0 Å². The largest absolute Gasteiger partial charge is 0.493 e. The lowest BCUT2D eigenvalue weighted by Gasteiger charge is -2.23. The number of benzene rings is 2. The second-order valence-corrected chi connectivity index (χ2v) is 8.90. The Morgan fingerprint density at radius 2 is 1.97 bits per heavy atom. The van der Waals surface area contributed by atoms with Crippen LogP contribution in [0.3, 0.4) is 0 Å². The third-order valence-corrected chi connectivity index (χ3v) is 6.75. The number of pyridine rings is 1. The molecule has 0 spiro atoms. The van der Waals surface area contributed by atoms with E-state index in [1.807, 2.05) is 35.9 Å². The van der Waals surface area contributed by atoms with Gasteiger partial charge in [-0.1, -0.05) is 12.1 Å². The van der Waals surface area contributed by atoms with E-state index in [9.17, 15) is 13.6 Å². The van der Waals surface area contributed by atoms with Crippen LogP contribution in [0, 0.1) is 25.5 Å². The van der Waals surface area contributed by atoms with Crippen molar-refractivity contribution in [2.45, 2.75) is 39.7 Å². The van der Waals surface area contributed by atoms with E-state index in [1.165, 1.54) is 18.7 Å². The molecule has 5 nitrogen and oxygen atoms in total. The Bertz CT molecular complexity index is 1460. The Hall–Kier alpha value is -3.74. The molecular weight excluding hydrogens is 450 g/mol. The van der Waals surface area contributed by atoms with E-state index in [1.54, 1.807) is 6.07 Å². The highest BCUT2D eigenvalue weighted by Gasteiger charge is 2.23. The van der Waals surface area contributed by atoms with Crippen LogP contribution in [0.4, 0.5) is 8.78 Å². The standard InChI is InChI=1S/C28H26F2N2O3/c1-16-19-5-4-12-35-25(19)9-7-20(16)27-21-10-11-32(15-18-6-8-23(29)24(30)13-18)28(21)31-17(2)22(27)14-26(33)34-3/h6-11,13H,4-5,12,14-15H2,1-3H3. The summed E-state index contributed by atoms with van der Waals surface area (Å²) in [5.74, 6) is -1.18. The quantitative estimate of drug-likeness (QED) is 0.348. The van der Waals surface area contributed by atoms with Gasteiger partial charge in [-0.2, -0.15) is 0 Å². The maximum absolute atomic E-state index is 13.8. The summed E-state index contributed by atoms with van der Waals surface area (Å²) in [6, 6.07) is 9.91. The normalized spacial score (nSPS) is 12.9. The van der Waals surface area contributed by atoms with Crippen molar-refractivity contribution in [1.82, 2.24) is 9.55 Å². The molecule has 0 aliphatic carbocycles. The Morgan fingerprint density at radius 3 is 2.74 bits per heavy atom. The van der Waals surface area contributed by atoms with Crippen LogP contribution in [0.15, 0.2) is 42.6 Å². The average molecular weight is 477 g/mol. The van der Waals surface area contributed by atoms with Crippen molar-refractivity contribution >= 4 is 17.0 Å². The summed E-state index contributed by atoms with van der Waals surface area (Å²) in [4.78, 5) is 17.2. The van der Waals surface area contributed by atoms with Gasteiger partial charge >= 0.3 is 5.97 Å². The number of aromatic nitrogens is 2. The van der Waals surface area contributed by atoms with Gasteiger partial charge in [-0.3, -0.25) is 4.79 Å². The van der Waals surface area contributed by atoms with Gasteiger partial charge in [-0.05, 0) is 84.3 Å². The number of carbonyl (C=O) groups excluding carboxylic acids is 1. The molecule has 0 bridgehead atoms. The molecule has 0 amide bonds. The first-order valence-corrected chi connectivity index (χ1v) is 11.6. The maximum atomic E-state index is 13.8. The molecule has 4 aromatic rings. The topological polar surface area (TPSA) is 53.3 Å². The summed E-state index contributed by atoms with van der Waals surface area (Å²) in [6.07, 6.45) is 3.88. The van der Waals surface area contributed by atoms with Crippen LogP contribution >= 0.6 is 0 Å². The van der Waals surface area contributed by atoms with Crippen molar-refractivity contribution in [3.05, 3.63) is 82.2 Å². The molecular formula is C28H26F2N2O3. The third-order valence-electron chi connectivity index (χ3n) is 6.75. The number of esters is 1. The minimum atomic E-state index is -0.879. The Balaban J connectivity index is 1.71. The van der Waals surface area contributed by atoms with Crippen LogP contribution in [-0.4, -0.2) is 29.2 Å². The molecule has 3 heterocycles. The number of rotatable bonds is 5. The fraction of sp³-hybridized carbons (Fsp3) is 0.286. The van der Waals surface area contributed by atoms with Gasteiger partial charge in [-0.25, -0.2) is 13.8 Å². The van der Waals surface area contributed by atoms with Crippen LogP contribution in [0.5, 0.6) is 5.75 Å². The van der Waals surface area contributed by atoms with Gasteiger partial charge in [0.05, 0.1) is 20.1 Å². The van der Waals surface area contributed by atoms with Gasteiger partial charge in [-0.15, -0.1) is 0 Å². The van der Waals surface area contributed by atoms with Gasteiger partial charge in [0.2, 0.25) is 0 Å². The Labute approximate surface area is 202 Å². The zero-order valence-electron chi connectivity index (χ0n) is 20.0. The van der Waals surface area contributed by atoms with E-state index in [2.05, 4.69) is 6.92 Å². The average Bonchev–Trinajstić information content (AvgIpc) is 3.24. The Morgan fingerprint density at radius 1 is 1.14 bits per heavy atom. The van der Waals surface area contributed by atoms with Crippen molar-refractivity contribution < 1.29 is 23.0 Å². The SMILES string of the molecule is COC(=O)Cc1c(C)nc2c(ccn2Cc2ccc(F)c(F)c2)c1-c1ccc2c(c1C)CCCO2. The van der Waals surface area contributed by atoms with Crippen molar-refractivity contribution in [3.8, 4) is 16.9 Å².